The quantitative estimate of drug-likeness (QED) is 0.843. The third-order valence-corrected chi connectivity index (χ3v) is 4.84. The minimum Gasteiger partial charge on any atom is -0.342 e. The van der Waals surface area contributed by atoms with Crippen molar-refractivity contribution in [1.82, 2.24) is 4.90 Å². The minimum absolute atomic E-state index is 0.132. The third-order valence-electron chi connectivity index (χ3n) is 3.53. The monoisotopic (exact) mass is 295 g/mol. The summed E-state index contributed by atoms with van der Waals surface area (Å²) in [5.41, 5.74) is 0.774. The summed E-state index contributed by atoms with van der Waals surface area (Å²) in [4.78, 5) is 14.1. The topological polar surface area (TPSA) is 20.3 Å². The first kappa shape index (κ1) is 15.4. The summed E-state index contributed by atoms with van der Waals surface area (Å²) in [5, 5.41) is 0.160. The van der Waals surface area contributed by atoms with E-state index in [1.54, 1.807) is 17.8 Å². The highest BCUT2D eigenvalue weighted by atomic mass is 32.2. The maximum atomic E-state index is 13.8. The Labute approximate surface area is 124 Å². The number of hydrogen-bond donors (Lipinski definition) is 0. The lowest BCUT2D eigenvalue weighted by Gasteiger charge is -2.21. The van der Waals surface area contributed by atoms with Crippen LogP contribution >= 0.6 is 11.8 Å². The van der Waals surface area contributed by atoms with Crippen molar-refractivity contribution in [2.75, 3.05) is 18.8 Å². The molecule has 20 heavy (non-hydrogen) atoms. The van der Waals surface area contributed by atoms with Crippen LogP contribution in [-0.4, -0.2) is 29.6 Å². The first-order valence-corrected chi connectivity index (χ1v) is 8.26. The van der Waals surface area contributed by atoms with Crippen LogP contribution in [-0.2, 0) is 4.79 Å². The molecule has 1 aliphatic heterocycles. The van der Waals surface area contributed by atoms with Crippen LogP contribution in [0.1, 0.15) is 37.5 Å². The van der Waals surface area contributed by atoms with Gasteiger partial charge in [-0.3, -0.25) is 4.79 Å². The molecule has 4 heteroatoms. The number of amides is 1. The molecule has 1 unspecified atom stereocenters. The van der Waals surface area contributed by atoms with E-state index in [1.807, 2.05) is 17.0 Å². The van der Waals surface area contributed by atoms with Crippen molar-refractivity contribution in [1.29, 1.82) is 0 Å². The van der Waals surface area contributed by atoms with Gasteiger partial charge >= 0.3 is 0 Å². The highest BCUT2D eigenvalue weighted by Gasteiger charge is 2.23. The molecular formula is C16H22FNOS. The first-order valence-electron chi connectivity index (χ1n) is 7.21. The van der Waals surface area contributed by atoms with Gasteiger partial charge in [0.1, 0.15) is 5.82 Å². The molecule has 0 aromatic heterocycles. The normalized spacial score (nSPS) is 20.0. The number of carbonyl (C=O) groups is 1. The standard InChI is InChI=1S/C16H22FNOS/c1-12(2)11-16(19)18-8-7-15(20-10-9-18)13-5-3-4-6-14(13)17/h3-6,12,15H,7-11H2,1-2H3. The second-order valence-electron chi connectivity index (χ2n) is 5.65. The van der Waals surface area contributed by atoms with Crippen molar-refractivity contribution in [3.63, 3.8) is 0 Å². The van der Waals surface area contributed by atoms with Gasteiger partial charge in [0.15, 0.2) is 0 Å². The van der Waals surface area contributed by atoms with E-state index in [-0.39, 0.29) is 17.0 Å². The lowest BCUT2D eigenvalue weighted by molar-refractivity contribution is -0.131. The van der Waals surface area contributed by atoms with Crippen molar-refractivity contribution in [3.05, 3.63) is 35.6 Å². The molecule has 0 bridgehead atoms. The second-order valence-corrected chi connectivity index (χ2v) is 6.96. The van der Waals surface area contributed by atoms with Crippen LogP contribution in [0.5, 0.6) is 0 Å². The van der Waals surface area contributed by atoms with Crippen LogP contribution in [0.25, 0.3) is 0 Å². The fourth-order valence-corrected chi connectivity index (χ4v) is 3.74. The molecule has 2 rings (SSSR count). The molecule has 1 heterocycles. The number of thioether (sulfide) groups is 1. The summed E-state index contributed by atoms with van der Waals surface area (Å²) in [6.45, 7) is 5.64. The van der Waals surface area contributed by atoms with Crippen molar-refractivity contribution < 1.29 is 9.18 Å². The predicted molar refractivity (Wildman–Crippen MR) is 82.3 cm³/mol. The van der Waals surface area contributed by atoms with Gasteiger partial charge in [-0.25, -0.2) is 4.39 Å². The maximum absolute atomic E-state index is 13.8. The summed E-state index contributed by atoms with van der Waals surface area (Å²) >= 11 is 1.76. The zero-order valence-corrected chi connectivity index (χ0v) is 13.0. The van der Waals surface area contributed by atoms with Crippen molar-refractivity contribution >= 4 is 17.7 Å². The zero-order valence-electron chi connectivity index (χ0n) is 12.1. The Morgan fingerprint density at radius 1 is 1.40 bits per heavy atom. The average Bonchev–Trinajstić information content (AvgIpc) is 2.64. The SMILES string of the molecule is CC(C)CC(=O)N1CCSC(c2ccccc2F)CC1. The van der Waals surface area contributed by atoms with Crippen LogP contribution in [0.3, 0.4) is 0 Å². The van der Waals surface area contributed by atoms with E-state index in [1.165, 1.54) is 6.07 Å². The van der Waals surface area contributed by atoms with Crippen molar-refractivity contribution in [2.45, 2.75) is 31.9 Å². The van der Waals surface area contributed by atoms with Gasteiger partial charge in [0, 0.05) is 36.1 Å². The Bertz CT molecular complexity index is 464. The highest BCUT2D eigenvalue weighted by Crippen LogP contribution is 2.35. The third kappa shape index (κ3) is 3.98. The van der Waals surface area contributed by atoms with E-state index >= 15 is 0 Å². The van der Waals surface area contributed by atoms with Crippen LogP contribution in [0, 0.1) is 11.7 Å². The summed E-state index contributed by atoms with van der Waals surface area (Å²) in [6, 6.07) is 6.98. The Morgan fingerprint density at radius 2 is 2.15 bits per heavy atom. The lowest BCUT2D eigenvalue weighted by atomic mass is 10.1. The van der Waals surface area contributed by atoms with Gasteiger partial charge in [-0.1, -0.05) is 32.0 Å². The number of carbonyl (C=O) groups excluding carboxylic acids is 1. The molecule has 0 spiro atoms. The molecular weight excluding hydrogens is 273 g/mol. The summed E-state index contributed by atoms with van der Waals surface area (Å²) < 4.78 is 13.8. The highest BCUT2D eigenvalue weighted by molar-refractivity contribution is 7.99. The minimum atomic E-state index is -0.132. The summed E-state index contributed by atoms with van der Waals surface area (Å²) in [5.74, 6) is 1.37. The van der Waals surface area contributed by atoms with Crippen LogP contribution in [0.15, 0.2) is 24.3 Å². The molecule has 2 nitrogen and oxygen atoms in total. The maximum Gasteiger partial charge on any atom is 0.222 e. The summed E-state index contributed by atoms with van der Waals surface area (Å²) in [7, 11) is 0. The Morgan fingerprint density at radius 3 is 2.85 bits per heavy atom. The molecule has 1 aromatic carbocycles. The number of rotatable bonds is 3. The van der Waals surface area contributed by atoms with E-state index in [4.69, 9.17) is 0 Å². The van der Waals surface area contributed by atoms with E-state index in [2.05, 4.69) is 13.8 Å². The molecule has 1 aliphatic rings. The van der Waals surface area contributed by atoms with E-state index < -0.39 is 0 Å². The molecule has 0 radical (unpaired) electrons. The zero-order chi connectivity index (χ0) is 14.5. The molecule has 1 atom stereocenters. The van der Waals surface area contributed by atoms with Crippen molar-refractivity contribution in [2.24, 2.45) is 5.92 Å². The molecule has 0 saturated carbocycles. The first-order chi connectivity index (χ1) is 9.58. The van der Waals surface area contributed by atoms with Crippen LogP contribution in [0.4, 0.5) is 4.39 Å². The van der Waals surface area contributed by atoms with Crippen LogP contribution in [0.2, 0.25) is 0 Å². The predicted octanol–water partition coefficient (Wildman–Crippen LogP) is 3.88. The number of halogens is 1. The van der Waals surface area contributed by atoms with Gasteiger partial charge in [0.05, 0.1) is 0 Å². The van der Waals surface area contributed by atoms with Gasteiger partial charge in [-0.2, -0.15) is 11.8 Å². The molecule has 0 aliphatic carbocycles. The smallest absolute Gasteiger partial charge is 0.222 e. The lowest BCUT2D eigenvalue weighted by Crippen LogP contribution is -2.33. The van der Waals surface area contributed by atoms with Gasteiger partial charge in [-0.05, 0) is 18.4 Å². The summed E-state index contributed by atoms with van der Waals surface area (Å²) in [6.07, 6.45) is 1.43. The van der Waals surface area contributed by atoms with Gasteiger partial charge in [0.25, 0.3) is 0 Å². The van der Waals surface area contributed by atoms with Gasteiger partial charge in [-0.15, -0.1) is 0 Å². The largest absolute Gasteiger partial charge is 0.342 e. The molecule has 1 fully saturated rings. The van der Waals surface area contributed by atoms with E-state index in [0.29, 0.717) is 12.3 Å². The fraction of sp³-hybridized carbons (Fsp3) is 0.562. The molecule has 1 amide bonds. The van der Waals surface area contributed by atoms with E-state index in [9.17, 15) is 9.18 Å². The Kier molecular flexibility index (Phi) is 5.46. The van der Waals surface area contributed by atoms with Crippen LogP contribution < -0.4 is 0 Å². The van der Waals surface area contributed by atoms with Gasteiger partial charge < -0.3 is 4.90 Å². The second kappa shape index (κ2) is 7.11. The molecule has 110 valence electrons. The molecule has 0 N–H and O–H groups in total. The number of nitrogens with zero attached hydrogens (tertiary/aromatic N) is 1. The molecule has 1 aromatic rings. The fourth-order valence-electron chi connectivity index (χ4n) is 2.48. The molecule has 1 saturated heterocycles. The number of hydrogen-bond acceptors (Lipinski definition) is 2. The number of benzene rings is 1. The van der Waals surface area contributed by atoms with E-state index in [0.717, 1.165) is 30.8 Å². The Balaban J connectivity index is 1.99. The average molecular weight is 295 g/mol. The van der Waals surface area contributed by atoms with Crippen molar-refractivity contribution in [3.8, 4) is 0 Å². The van der Waals surface area contributed by atoms with Gasteiger partial charge in [0.2, 0.25) is 5.91 Å². The Hall–Kier alpha value is -1.03.